The highest BCUT2D eigenvalue weighted by Gasteiger charge is 2.31. The van der Waals surface area contributed by atoms with Gasteiger partial charge in [-0.05, 0) is 55.7 Å². The van der Waals surface area contributed by atoms with Gasteiger partial charge in [0.1, 0.15) is 12.3 Å². The van der Waals surface area contributed by atoms with E-state index >= 15 is 0 Å². The molecule has 0 unspecified atom stereocenters. The maximum Gasteiger partial charge on any atom is 0.273 e. The van der Waals surface area contributed by atoms with Crippen LogP contribution in [0.5, 0.6) is 5.75 Å². The number of nitro benzene ring substituents is 1. The molecule has 3 aromatic rings. The molecule has 12 heteroatoms. The number of ether oxygens (including phenoxy) is 1. The largest absolute Gasteiger partial charge is 0.495 e. The number of anilines is 2. The van der Waals surface area contributed by atoms with Crippen LogP contribution in [0.15, 0.2) is 65.6 Å². The van der Waals surface area contributed by atoms with Gasteiger partial charge >= 0.3 is 0 Å². The number of aryl methyl sites for hydroxylation is 1. The summed E-state index contributed by atoms with van der Waals surface area (Å²) in [4.78, 5) is 25.7. The average Bonchev–Trinajstić information content (AvgIpc) is 3.32. The van der Waals surface area contributed by atoms with Crippen LogP contribution in [0.4, 0.5) is 17.1 Å². The summed E-state index contributed by atoms with van der Waals surface area (Å²) < 4.78 is 33.8. The van der Waals surface area contributed by atoms with Crippen molar-refractivity contribution < 1.29 is 22.9 Å². The van der Waals surface area contributed by atoms with Gasteiger partial charge in [0.05, 0.1) is 22.6 Å². The normalized spacial score (nSPS) is 12.6. The Balaban J connectivity index is 1.53. The molecule has 1 amide bonds. The van der Waals surface area contributed by atoms with Gasteiger partial charge in [-0.2, -0.15) is 0 Å². The Labute approximate surface area is 232 Å². The summed E-state index contributed by atoms with van der Waals surface area (Å²) >= 11 is 6.17. The average molecular weight is 573 g/mol. The first-order valence-corrected chi connectivity index (χ1v) is 14.1. The van der Waals surface area contributed by atoms with Gasteiger partial charge in [0, 0.05) is 42.0 Å². The van der Waals surface area contributed by atoms with Gasteiger partial charge in [-0.1, -0.05) is 35.9 Å². The number of nitrogens with one attached hydrogen (secondary N) is 1. The molecule has 39 heavy (non-hydrogen) atoms. The number of hydrogen-bond acceptors (Lipinski definition) is 7. The molecule has 0 spiro atoms. The third-order valence-electron chi connectivity index (χ3n) is 6.57. The molecule has 0 radical (unpaired) electrons. The van der Waals surface area contributed by atoms with E-state index in [1.165, 1.54) is 55.6 Å². The molecule has 1 heterocycles. The molecular weight excluding hydrogens is 544 g/mol. The molecule has 0 aliphatic carbocycles. The van der Waals surface area contributed by atoms with Crippen LogP contribution in [-0.2, 0) is 21.2 Å². The van der Waals surface area contributed by atoms with Crippen molar-refractivity contribution in [2.75, 3.05) is 42.5 Å². The molecule has 1 aliphatic rings. The highest BCUT2D eigenvalue weighted by Crippen LogP contribution is 2.35. The Morgan fingerprint density at radius 3 is 2.69 bits per heavy atom. The fourth-order valence-electron chi connectivity index (χ4n) is 4.55. The minimum absolute atomic E-state index is 0.0389. The van der Waals surface area contributed by atoms with Crippen molar-refractivity contribution in [3.63, 3.8) is 0 Å². The smallest absolute Gasteiger partial charge is 0.273 e. The van der Waals surface area contributed by atoms with Crippen molar-refractivity contribution in [1.82, 2.24) is 5.32 Å². The van der Waals surface area contributed by atoms with Crippen molar-refractivity contribution in [2.24, 2.45) is 0 Å². The van der Waals surface area contributed by atoms with E-state index in [4.69, 9.17) is 16.3 Å². The van der Waals surface area contributed by atoms with E-state index in [0.29, 0.717) is 18.5 Å². The number of rotatable bonds is 11. The molecule has 10 nitrogen and oxygen atoms in total. The molecule has 1 aliphatic heterocycles. The lowest BCUT2D eigenvalue weighted by Gasteiger charge is -2.26. The van der Waals surface area contributed by atoms with Crippen molar-refractivity contribution in [1.29, 1.82) is 0 Å². The summed E-state index contributed by atoms with van der Waals surface area (Å²) in [6.07, 6.45) is 1.64. The lowest BCUT2D eigenvalue weighted by Crippen LogP contribution is -2.41. The summed E-state index contributed by atoms with van der Waals surface area (Å²) in [6, 6.07) is 16.2. The number of nitrogens with zero attached hydrogens (tertiary/aromatic N) is 3. The SMILES string of the molecule is COc1ccc(Cl)cc1N(CC(=O)NCCCN1CCc2ccccc21)S(=O)(=O)c1ccc(C)c([N+](=O)[O-])c1. The standard InChI is InChI=1S/C27H29ClN4O6S/c1-19-8-10-22(17-24(19)32(34)35)39(36,37)31(25-16-21(28)9-11-26(25)38-2)18-27(33)29-13-5-14-30-15-12-20-6-3-4-7-23(20)30/h3-4,6-11,16-17H,5,12-15,18H2,1-2H3,(H,29,33). The van der Waals surface area contributed by atoms with Gasteiger partial charge in [0.2, 0.25) is 5.91 Å². The fourth-order valence-corrected chi connectivity index (χ4v) is 6.16. The van der Waals surface area contributed by atoms with Gasteiger partial charge in [-0.25, -0.2) is 8.42 Å². The number of amides is 1. The van der Waals surface area contributed by atoms with E-state index in [1.807, 2.05) is 12.1 Å². The molecular formula is C27H29ClN4O6S. The number of fused-ring (bicyclic) bond motifs is 1. The van der Waals surface area contributed by atoms with Crippen LogP contribution in [0.1, 0.15) is 17.5 Å². The van der Waals surface area contributed by atoms with E-state index in [2.05, 4.69) is 22.3 Å². The lowest BCUT2D eigenvalue weighted by molar-refractivity contribution is -0.385. The Morgan fingerprint density at radius 2 is 1.95 bits per heavy atom. The molecule has 0 aromatic heterocycles. The number of carbonyl (C=O) groups excluding carboxylic acids is 1. The zero-order valence-electron chi connectivity index (χ0n) is 21.6. The van der Waals surface area contributed by atoms with E-state index < -0.39 is 27.4 Å². The topological polar surface area (TPSA) is 122 Å². The maximum absolute atomic E-state index is 13.8. The second kappa shape index (κ2) is 11.9. The Hall–Kier alpha value is -3.83. The fraction of sp³-hybridized carbons (Fsp3) is 0.296. The first-order chi connectivity index (χ1) is 18.6. The van der Waals surface area contributed by atoms with Crippen molar-refractivity contribution >= 4 is 44.6 Å². The highest BCUT2D eigenvalue weighted by molar-refractivity contribution is 7.92. The third kappa shape index (κ3) is 6.26. The van der Waals surface area contributed by atoms with Crippen molar-refractivity contribution in [3.8, 4) is 5.75 Å². The Bertz CT molecular complexity index is 1500. The zero-order chi connectivity index (χ0) is 28.2. The van der Waals surface area contributed by atoms with E-state index in [0.717, 1.165) is 29.9 Å². The van der Waals surface area contributed by atoms with Crippen LogP contribution in [0.25, 0.3) is 0 Å². The number of methoxy groups -OCH3 is 1. The number of nitro groups is 1. The summed E-state index contributed by atoms with van der Waals surface area (Å²) in [5.74, 6) is -0.367. The second-order valence-corrected chi connectivity index (χ2v) is 11.4. The van der Waals surface area contributed by atoms with Gasteiger partial charge in [0.15, 0.2) is 0 Å². The lowest BCUT2D eigenvalue weighted by atomic mass is 10.2. The van der Waals surface area contributed by atoms with Crippen molar-refractivity contribution in [3.05, 3.63) is 86.9 Å². The molecule has 4 rings (SSSR count). The quantitative estimate of drug-likeness (QED) is 0.206. The highest BCUT2D eigenvalue weighted by atomic mass is 35.5. The minimum atomic E-state index is -4.43. The summed E-state index contributed by atoms with van der Waals surface area (Å²) in [5.41, 5.74) is 2.50. The molecule has 1 N–H and O–H groups in total. The molecule has 0 saturated heterocycles. The predicted molar refractivity (Wildman–Crippen MR) is 150 cm³/mol. The van der Waals surface area contributed by atoms with Gasteiger partial charge in [-0.3, -0.25) is 19.2 Å². The monoisotopic (exact) mass is 572 g/mol. The van der Waals surface area contributed by atoms with E-state index in [9.17, 15) is 23.3 Å². The molecule has 0 fully saturated rings. The van der Waals surface area contributed by atoms with Gasteiger partial charge in [-0.15, -0.1) is 0 Å². The number of sulfonamides is 1. The van der Waals surface area contributed by atoms with Gasteiger partial charge in [0.25, 0.3) is 15.7 Å². The number of halogens is 1. The maximum atomic E-state index is 13.8. The first kappa shape index (κ1) is 28.2. The third-order valence-corrected chi connectivity index (χ3v) is 8.56. The zero-order valence-corrected chi connectivity index (χ0v) is 23.2. The molecule has 206 valence electrons. The first-order valence-electron chi connectivity index (χ1n) is 12.3. The van der Waals surface area contributed by atoms with E-state index in [-0.39, 0.29) is 27.0 Å². The van der Waals surface area contributed by atoms with Crippen LogP contribution in [0.3, 0.4) is 0 Å². The van der Waals surface area contributed by atoms with Crippen LogP contribution < -0.4 is 19.3 Å². The summed E-state index contributed by atoms with van der Waals surface area (Å²) in [6.45, 7) is 2.94. The molecule has 0 bridgehead atoms. The summed E-state index contributed by atoms with van der Waals surface area (Å²) in [7, 11) is -3.06. The Kier molecular flexibility index (Phi) is 8.61. The molecule has 0 saturated carbocycles. The van der Waals surface area contributed by atoms with Crippen LogP contribution in [0, 0.1) is 17.0 Å². The summed E-state index contributed by atoms with van der Waals surface area (Å²) in [5, 5.41) is 14.5. The van der Waals surface area contributed by atoms with Crippen molar-refractivity contribution in [2.45, 2.75) is 24.7 Å². The second-order valence-electron chi connectivity index (χ2n) is 9.10. The molecule has 3 aromatic carbocycles. The van der Waals surface area contributed by atoms with Gasteiger partial charge < -0.3 is 15.0 Å². The Morgan fingerprint density at radius 1 is 1.18 bits per heavy atom. The van der Waals surface area contributed by atoms with Crippen LogP contribution in [-0.4, -0.2) is 52.5 Å². The van der Waals surface area contributed by atoms with Crippen LogP contribution >= 0.6 is 11.6 Å². The number of para-hydroxylation sites is 1. The number of carbonyl (C=O) groups is 1. The molecule has 0 atom stereocenters. The number of benzene rings is 3. The predicted octanol–water partition coefficient (Wildman–Crippen LogP) is 4.33. The van der Waals surface area contributed by atoms with Crippen LogP contribution in [0.2, 0.25) is 5.02 Å². The van der Waals surface area contributed by atoms with E-state index in [1.54, 1.807) is 0 Å². The number of hydrogen-bond donors (Lipinski definition) is 1. The minimum Gasteiger partial charge on any atom is -0.495 e.